The maximum absolute atomic E-state index is 12.2. The van der Waals surface area contributed by atoms with Crippen LogP contribution in [0.5, 0.6) is 0 Å². The number of amides is 1. The van der Waals surface area contributed by atoms with E-state index in [-0.39, 0.29) is 12.2 Å². The fraction of sp³-hybridized carbons (Fsp3) is 0.417. The van der Waals surface area contributed by atoms with Gasteiger partial charge in [-0.15, -0.1) is 0 Å². The number of likely N-dealkylation sites (N-methyl/N-ethyl adjacent to an activating group) is 1. The van der Waals surface area contributed by atoms with Crippen LogP contribution in [0.15, 0.2) is 18.3 Å². The van der Waals surface area contributed by atoms with E-state index in [1.54, 1.807) is 13.0 Å². The van der Waals surface area contributed by atoms with Gasteiger partial charge in [0.25, 0.3) is 5.91 Å². The van der Waals surface area contributed by atoms with E-state index in [4.69, 9.17) is 16.7 Å². The van der Waals surface area contributed by atoms with Crippen molar-refractivity contribution in [2.24, 2.45) is 0 Å². The number of aliphatic carboxylic acids is 1. The number of aromatic nitrogens is 1. The molecule has 1 aromatic heterocycles. The van der Waals surface area contributed by atoms with Crippen molar-refractivity contribution in [3.8, 4) is 0 Å². The Morgan fingerprint density at radius 2 is 2.06 bits per heavy atom. The van der Waals surface area contributed by atoms with Crippen LogP contribution in [0.4, 0.5) is 0 Å². The number of hydrogen-bond donors (Lipinski definition) is 1. The standard InChI is InChI=1S/C12H15ClN2O3/c1-4-15(12(2,3)11(17)18)10(16)9-6-5-8(13)7-14-9/h5-7H,4H2,1-3H3,(H,17,18). The molecule has 0 saturated heterocycles. The van der Waals surface area contributed by atoms with Crippen LogP contribution in [0.1, 0.15) is 31.3 Å². The van der Waals surface area contributed by atoms with Crippen LogP contribution in [0.3, 0.4) is 0 Å². The van der Waals surface area contributed by atoms with Crippen molar-refractivity contribution in [2.75, 3.05) is 6.54 Å². The average molecular weight is 271 g/mol. The van der Waals surface area contributed by atoms with Gasteiger partial charge >= 0.3 is 5.97 Å². The zero-order valence-electron chi connectivity index (χ0n) is 10.5. The van der Waals surface area contributed by atoms with Crippen LogP contribution in [0.25, 0.3) is 0 Å². The summed E-state index contributed by atoms with van der Waals surface area (Å²) in [6.45, 7) is 4.96. The van der Waals surface area contributed by atoms with Gasteiger partial charge in [-0.3, -0.25) is 4.79 Å². The van der Waals surface area contributed by atoms with Crippen molar-refractivity contribution >= 4 is 23.5 Å². The molecule has 5 nitrogen and oxygen atoms in total. The van der Waals surface area contributed by atoms with E-state index in [0.717, 1.165) is 0 Å². The summed E-state index contributed by atoms with van der Waals surface area (Å²) in [6, 6.07) is 3.02. The lowest BCUT2D eigenvalue weighted by Gasteiger charge is -2.33. The Hall–Kier alpha value is -1.62. The van der Waals surface area contributed by atoms with Crippen molar-refractivity contribution in [3.05, 3.63) is 29.0 Å². The highest BCUT2D eigenvalue weighted by Gasteiger charge is 2.37. The number of carbonyl (C=O) groups excluding carboxylic acids is 1. The zero-order chi connectivity index (χ0) is 13.9. The predicted molar refractivity (Wildman–Crippen MR) is 67.7 cm³/mol. The Labute approximate surface area is 110 Å². The molecule has 1 heterocycles. The second-order valence-corrected chi connectivity index (χ2v) is 4.71. The first kappa shape index (κ1) is 14.4. The molecule has 0 aliphatic heterocycles. The average Bonchev–Trinajstić information content (AvgIpc) is 2.30. The molecule has 0 saturated carbocycles. The molecule has 0 aromatic carbocycles. The van der Waals surface area contributed by atoms with Crippen molar-refractivity contribution in [1.82, 2.24) is 9.88 Å². The fourth-order valence-electron chi connectivity index (χ4n) is 1.55. The minimum atomic E-state index is -1.28. The molecule has 0 atom stereocenters. The number of hydrogen-bond acceptors (Lipinski definition) is 3. The monoisotopic (exact) mass is 270 g/mol. The van der Waals surface area contributed by atoms with Gasteiger partial charge in [0.1, 0.15) is 11.2 Å². The summed E-state index contributed by atoms with van der Waals surface area (Å²) in [6.07, 6.45) is 1.36. The minimum Gasteiger partial charge on any atom is -0.480 e. The van der Waals surface area contributed by atoms with E-state index in [0.29, 0.717) is 5.02 Å². The second-order valence-electron chi connectivity index (χ2n) is 4.28. The highest BCUT2D eigenvalue weighted by molar-refractivity contribution is 6.30. The lowest BCUT2D eigenvalue weighted by Crippen LogP contribution is -2.53. The summed E-state index contributed by atoms with van der Waals surface area (Å²) in [5.74, 6) is -1.49. The Balaban J connectivity index is 3.07. The van der Waals surface area contributed by atoms with E-state index in [1.165, 1.54) is 31.0 Å². The summed E-state index contributed by atoms with van der Waals surface area (Å²) < 4.78 is 0. The molecule has 0 fully saturated rings. The summed E-state index contributed by atoms with van der Waals surface area (Å²) in [5.41, 5.74) is -1.11. The van der Waals surface area contributed by atoms with E-state index in [2.05, 4.69) is 4.98 Å². The highest BCUT2D eigenvalue weighted by Crippen LogP contribution is 2.18. The number of pyridine rings is 1. The Bertz CT molecular complexity index is 457. The molecular weight excluding hydrogens is 256 g/mol. The number of halogens is 1. The van der Waals surface area contributed by atoms with Crippen LogP contribution >= 0.6 is 11.6 Å². The van der Waals surface area contributed by atoms with Crippen LogP contribution in [0, 0.1) is 0 Å². The molecule has 0 unspecified atom stereocenters. The normalized spacial score (nSPS) is 11.1. The van der Waals surface area contributed by atoms with Gasteiger partial charge in [0, 0.05) is 12.7 Å². The van der Waals surface area contributed by atoms with Gasteiger partial charge in [0.2, 0.25) is 0 Å². The van der Waals surface area contributed by atoms with Gasteiger partial charge in [0.05, 0.1) is 5.02 Å². The van der Waals surface area contributed by atoms with Gasteiger partial charge in [-0.25, -0.2) is 9.78 Å². The molecule has 1 aromatic rings. The number of carboxylic acids is 1. The molecule has 0 aliphatic rings. The second kappa shape index (κ2) is 5.35. The highest BCUT2D eigenvalue weighted by atomic mass is 35.5. The van der Waals surface area contributed by atoms with E-state index >= 15 is 0 Å². The molecule has 1 N–H and O–H groups in total. The van der Waals surface area contributed by atoms with Crippen LogP contribution in [0.2, 0.25) is 5.02 Å². The molecule has 0 bridgehead atoms. The molecule has 0 radical (unpaired) electrons. The first-order chi connectivity index (χ1) is 8.30. The quantitative estimate of drug-likeness (QED) is 0.909. The molecule has 98 valence electrons. The smallest absolute Gasteiger partial charge is 0.329 e. The summed E-state index contributed by atoms with van der Waals surface area (Å²) >= 11 is 5.69. The van der Waals surface area contributed by atoms with Gasteiger partial charge in [0.15, 0.2) is 0 Å². The predicted octanol–water partition coefficient (Wildman–Crippen LogP) is 2.06. The molecule has 1 rings (SSSR count). The topological polar surface area (TPSA) is 70.5 Å². The Morgan fingerprint density at radius 1 is 1.44 bits per heavy atom. The van der Waals surface area contributed by atoms with Crippen molar-refractivity contribution in [3.63, 3.8) is 0 Å². The van der Waals surface area contributed by atoms with Gasteiger partial charge in [-0.05, 0) is 32.9 Å². The first-order valence-electron chi connectivity index (χ1n) is 5.47. The summed E-state index contributed by atoms with van der Waals surface area (Å²) in [7, 11) is 0. The Kier molecular flexibility index (Phi) is 4.29. The van der Waals surface area contributed by atoms with E-state index < -0.39 is 17.4 Å². The summed E-state index contributed by atoms with van der Waals surface area (Å²) in [5, 5.41) is 9.57. The van der Waals surface area contributed by atoms with Crippen LogP contribution in [-0.2, 0) is 4.79 Å². The first-order valence-corrected chi connectivity index (χ1v) is 5.85. The van der Waals surface area contributed by atoms with Crippen LogP contribution < -0.4 is 0 Å². The van der Waals surface area contributed by atoms with E-state index in [9.17, 15) is 9.59 Å². The largest absolute Gasteiger partial charge is 0.480 e. The number of rotatable bonds is 4. The van der Waals surface area contributed by atoms with Gasteiger partial charge in [-0.1, -0.05) is 11.6 Å². The lowest BCUT2D eigenvalue weighted by molar-refractivity contribution is -0.147. The molecule has 0 aliphatic carbocycles. The molecule has 1 amide bonds. The SMILES string of the molecule is CCN(C(=O)c1ccc(Cl)cn1)C(C)(C)C(=O)O. The fourth-order valence-corrected chi connectivity index (χ4v) is 1.66. The number of carboxylic acid groups (broad SMARTS) is 1. The minimum absolute atomic E-state index is 0.176. The molecule has 0 spiro atoms. The van der Waals surface area contributed by atoms with Gasteiger partial charge in [-0.2, -0.15) is 0 Å². The zero-order valence-corrected chi connectivity index (χ0v) is 11.2. The van der Waals surface area contributed by atoms with Crippen molar-refractivity contribution < 1.29 is 14.7 Å². The number of nitrogens with zero attached hydrogens (tertiary/aromatic N) is 2. The third-order valence-electron chi connectivity index (χ3n) is 2.71. The Morgan fingerprint density at radius 3 is 2.44 bits per heavy atom. The summed E-state index contributed by atoms with van der Waals surface area (Å²) in [4.78, 5) is 28.5. The van der Waals surface area contributed by atoms with Crippen LogP contribution in [-0.4, -0.2) is 39.0 Å². The third-order valence-corrected chi connectivity index (χ3v) is 2.93. The molecule has 6 heteroatoms. The molecular formula is C12H15ClN2O3. The van der Waals surface area contributed by atoms with Crippen molar-refractivity contribution in [2.45, 2.75) is 26.3 Å². The lowest BCUT2D eigenvalue weighted by atomic mass is 10.0. The van der Waals surface area contributed by atoms with E-state index in [1.807, 2.05) is 0 Å². The molecule has 18 heavy (non-hydrogen) atoms. The maximum atomic E-state index is 12.2. The maximum Gasteiger partial charge on any atom is 0.329 e. The number of carbonyl (C=O) groups is 2. The third kappa shape index (κ3) is 2.79. The van der Waals surface area contributed by atoms with Crippen molar-refractivity contribution in [1.29, 1.82) is 0 Å². The van der Waals surface area contributed by atoms with Gasteiger partial charge < -0.3 is 10.0 Å².